The third-order valence-corrected chi connectivity index (χ3v) is 2.06. The zero-order valence-electron chi connectivity index (χ0n) is 5.65. The van der Waals surface area contributed by atoms with E-state index in [1.165, 1.54) is 24.0 Å². The third kappa shape index (κ3) is 0.680. The van der Waals surface area contributed by atoms with E-state index in [1.54, 1.807) is 0 Å². The number of fused-ring (bicyclic) bond motifs is 1. The molecule has 0 amide bonds. The molecule has 9 heavy (non-hydrogen) atoms. The number of rotatable bonds is 0. The van der Waals surface area contributed by atoms with Crippen LogP contribution in [0.25, 0.3) is 0 Å². The van der Waals surface area contributed by atoms with Gasteiger partial charge in [-0.05, 0) is 29.9 Å². The summed E-state index contributed by atoms with van der Waals surface area (Å²) in [5, 5.41) is 0. The van der Waals surface area contributed by atoms with Crippen molar-refractivity contribution in [2.75, 3.05) is 0 Å². The second kappa shape index (κ2) is 1.63. The number of nitrogens with one attached hydrogen (secondary N) is 1. The van der Waals surface area contributed by atoms with Gasteiger partial charge < -0.3 is 4.98 Å². The van der Waals surface area contributed by atoms with E-state index in [-0.39, 0.29) is 0 Å². The van der Waals surface area contributed by atoms with Crippen LogP contribution in [0.4, 0.5) is 0 Å². The topological polar surface area (TPSA) is 15.8 Å². The number of aromatic nitrogens is 1. The Balaban J connectivity index is 2.39. The van der Waals surface area contributed by atoms with Gasteiger partial charge in [-0.15, -0.1) is 0 Å². The van der Waals surface area contributed by atoms with Crippen LogP contribution >= 0.6 is 0 Å². The van der Waals surface area contributed by atoms with Crippen molar-refractivity contribution in [1.82, 2.24) is 4.98 Å². The van der Waals surface area contributed by atoms with Crippen molar-refractivity contribution >= 4 is 0 Å². The van der Waals surface area contributed by atoms with Crippen LogP contribution in [0.2, 0.25) is 0 Å². The van der Waals surface area contributed by atoms with Crippen molar-refractivity contribution in [2.45, 2.75) is 19.8 Å². The minimum Gasteiger partial charge on any atom is -0.367 e. The molecule has 0 radical (unpaired) electrons. The van der Waals surface area contributed by atoms with Crippen LogP contribution in [0, 0.1) is 5.92 Å². The molecular formula is C8H11N. The van der Waals surface area contributed by atoms with Crippen LogP contribution in [0.1, 0.15) is 18.1 Å². The molecule has 48 valence electrons. The first-order valence-electron chi connectivity index (χ1n) is 3.51. The lowest BCUT2D eigenvalue weighted by molar-refractivity contribution is 0.625. The highest BCUT2D eigenvalue weighted by atomic mass is 14.6. The number of H-pyrrole nitrogens is 1. The van der Waals surface area contributed by atoms with Gasteiger partial charge in [-0.2, -0.15) is 0 Å². The van der Waals surface area contributed by atoms with Gasteiger partial charge in [-0.3, -0.25) is 0 Å². The molecule has 0 aromatic carbocycles. The Morgan fingerprint density at radius 2 is 1.89 bits per heavy atom. The monoisotopic (exact) mass is 121 g/mol. The fraction of sp³-hybridized carbons (Fsp3) is 0.500. The Bertz CT molecular complexity index is 192. The maximum absolute atomic E-state index is 3.12. The first-order chi connectivity index (χ1) is 4.36. The van der Waals surface area contributed by atoms with Crippen LogP contribution in [-0.2, 0) is 12.8 Å². The Hall–Kier alpha value is -0.720. The molecule has 0 saturated carbocycles. The lowest BCUT2D eigenvalue weighted by Crippen LogP contribution is -1.90. The van der Waals surface area contributed by atoms with E-state index in [2.05, 4.69) is 24.3 Å². The molecule has 1 aliphatic carbocycles. The van der Waals surface area contributed by atoms with Gasteiger partial charge in [0.15, 0.2) is 0 Å². The Morgan fingerprint density at radius 1 is 1.33 bits per heavy atom. The summed E-state index contributed by atoms with van der Waals surface area (Å²) >= 11 is 0. The molecule has 1 nitrogen and oxygen atoms in total. The molecule has 0 saturated heterocycles. The summed E-state index contributed by atoms with van der Waals surface area (Å²) in [6.07, 6.45) is 6.80. The van der Waals surface area contributed by atoms with Crippen molar-refractivity contribution < 1.29 is 0 Å². The van der Waals surface area contributed by atoms with Gasteiger partial charge in [-0.1, -0.05) is 6.92 Å². The van der Waals surface area contributed by atoms with Gasteiger partial charge in [0.1, 0.15) is 0 Å². The summed E-state index contributed by atoms with van der Waals surface area (Å²) in [6.45, 7) is 2.31. The van der Waals surface area contributed by atoms with E-state index in [4.69, 9.17) is 0 Å². The highest BCUT2D eigenvalue weighted by Gasteiger charge is 2.17. The summed E-state index contributed by atoms with van der Waals surface area (Å²) < 4.78 is 0. The lowest BCUT2D eigenvalue weighted by atomic mass is 10.1. The number of aromatic amines is 1. The zero-order valence-corrected chi connectivity index (χ0v) is 5.65. The van der Waals surface area contributed by atoms with E-state index < -0.39 is 0 Å². The molecule has 0 aliphatic heterocycles. The van der Waals surface area contributed by atoms with Crippen molar-refractivity contribution in [1.29, 1.82) is 0 Å². The van der Waals surface area contributed by atoms with Crippen LogP contribution in [0.5, 0.6) is 0 Å². The molecule has 1 heteroatoms. The highest BCUT2D eigenvalue weighted by molar-refractivity contribution is 5.28. The Kier molecular flexibility index (Phi) is 0.922. The van der Waals surface area contributed by atoms with E-state index in [0.717, 1.165) is 5.92 Å². The largest absolute Gasteiger partial charge is 0.367 e. The van der Waals surface area contributed by atoms with Crippen molar-refractivity contribution in [3.05, 3.63) is 23.5 Å². The lowest BCUT2D eigenvalue weighted by Gasteiger charge is -1.94. The van der Waals surface area contributed by atoms with E-state index in [1.807, 2.05) is 0 Å². The standard InChI is InChI=1S/C8H11N/c1-6-2-7-4-9-5-8(7)3-6/h4-6,9H,2-3H2,1H3. The average molecular weight is 121 g/mol. The molecule has 0 unspecified atom stereocenters. The molecule has 0 bridgehead atoms. The first-order valence-corrected chi connectivity index (χ1v) is 3.51. The molecule has 1 aromatic heterocycles. The summed E-state index contributed by atoms with van der Waals surface area (Å²) in [5.41, 5.74) is 3.06. The number of hydrogen-bond donors (Lipinski definition) is 1. The van der Waals surface area contributed by atoms with Crippen LogP contribution in [0.3, 0.4) is 0 Å². The SMILES string of the molecule is CC1Cc2c[nH]cc2C1. The van der Waals surface area contributed by atoms with Gasteiger partial charge in [0.05, 0.1) is 0 Å². The van der Waals surface area contributed by atoms with Crippen molar-refractivity contribution in [2.24, 2.45) is 5.92 Å². The highest BCUT2D eigenvalue weighted by Crippen LogP contribution is 2.25. The molecule has 0 atom stereocenters. The van der Waals surface area contributed by atoms with E-state index in [9.17, 15) is 0 Å². The van der Waals surface area contributed by atoms with Gasteiger partial charge in [0, 0.05) is 12.4 Å². The molecule has 1 aromatic rings. The minimum absolute atomic E-state index is 0.879. The predicted octanol–water partition coefficient (Wildman–Crippen LogP) is 1.75. The summed E-state index contributed by atoms with van der Waals surface area (Å²) in [7, 11) is 0. The van der Waals surface area contributed by atoms with Crippen molar-refractivity contribution in [3.63, 3.8) is 0 Å². The second-order valence-corrected chi connectivity index (χ2v) is 3.02. The normalized spacial score (nSPS) is 18.3. The summed E-state index contributed by atoms with van der Waals surface area (Å²) in [6, 6.07) is 0. The maximum atomic E-state index is 3.12. The second-order valence-electron chi connectivity index (χ2n) is 3.02. The predicted molar refractivity (Wildman–Crippen MR) is 37.4 cm³/mol. The number of hydrogen-bond acceptors (Lipinski definition) is 0. The molecule has 1 N–H and O–H groups in total. The third-order valence-electron chi connectivity index (χ3n) is 2.06. The molecular weight excluding hydrogens is 110 g/mol. The van der Waals surface area contributed by atoms with Crippen LogP contribution in [0.15, 0.2) is 12.4 Å². The fourth-order valence-corrected chi connectivity index (χ4v) is 1.63. The molecule has 1 aliphatic rings. The molecule has 1 heterocycles. The average Bonchev–Trinajstić information content (AvgIpc) is 2.22. The van der Waals surface area contributed by atoms with E-state index >= 15 is 0 Å². The maximum Gasteiger partial charge on any atom is 0.00403 e. The fourth-order valence-electron chi connectivity index (χ4n) is 1.63. The zero-order chi connectivity index (χ0) is 6.27. The molecule has 2 rings (SSSR count). The molecule has 0 fully saturated rings. The summed E-state index contributed by atoms with van der Waals surface area (Å²) in [5.74, 6) is 0.879. The van der Waals surface area contributed by atoms with Crippen LogP contribution < -0.4 is 0 Å². The minimum atomic E-state index is 0.879. The molecule has 0 spiro atoms. The Morgan fingerprint density at radius 3 is 2.44 bits per heavy atom. The Labute approximate surface area is 55.1 Å². The van der Waals surface area contributed by atoms with Gasteiger partial charge in [0.2, 0.25) is 0 Å². The summed E-state index contributed by atoms with van der Waals surface area (Å²) in [4.78, 5) is 3.12. The van der Waals surface area contributed by atoms with E-state index in [0.29, 0.717) is 0 Å². The van der Waals surface area contributed by atoms with Gasteiger partial charge in [0.25, 0.3) is 0 Å². The van der Waals surface area contributed by atoms with Crippen molar-refractivity contribution in [3.8, 4) is 0 Å². The first kappa shape index (κ1) is 5.10. The van der Waals surface area contributed by atoms with Crippen LogP contribution in [-0.4, -0.2) is 4.98 Å². The quantitative estimate of drug-likeness (QED) is 0.538. The van der Waals surface area contributed by atoms with Gasteiger partial charge in [-0.25, -0.2) is 0 Å². The van der Waals surface area contributed by atoms with Gasteiger partial charge >= 0.3 is 0 Å². The smallest absolute Gasteiger partial charge is 0.00403 e.